The average Bonchev–Trinajstić information content (AvgIpc) is 3.36. The monoisotopic (exact) mass is 406 g/mol. The molecule has 2 aromatic rings. The van der Waals surface area contributed by atoms with Crippen LogP contribution in [0.1, 0.15) is 50.2 Å². The molecule has 0 bridgehead atoms. The van der Waals surface area contributed by atoms with Gasteiger partial charge in [0.15, 0.2) is 0 Å². The summed E-state index contributed by atoms with van der Waals surface area (Å²) in [6.45, 7) is 3.50. The zero-order valence-corrected chi connectivity index (χ0v) is 16.1. The van der Waals surface area contributed by atoms with Crippen molar-refractivity contribution in [3.63, 3.8) is 0 Å². The van der Waals surface area contributed by atoms with Crippen molar-refractivity contribution in [2.45, 2.75) is 50.5 Å². The first-order chi connectivity index (χ1) is 13.9. The highest BCUT2D eigenvalue weighted by Gasteiger charge is 2.52. The summed E-state index contributed by atoms with van der Waals surface area (Å²) in [4.78, 5) is 15.1. The number of anilines is 1. The van der Waals surface area contributed by atoms with Crippen LogP contribution in [0.15, 0.2) is 18.2 Å². The first-order valence-corrected chi connectivity index (χ1v) is 9.80. The van der Waals surface area contributed by atoms with Gasteiger partial charge in [0, 0.05) is 19.1 Å². The Morgan fingerprint density at radius 1 is 1.41 bits per heavy atom. The van der Waals surface area contributed by atoms with Crippen molar-refractivity contribution in [2.75, 3.05) is 18.0 Å². The highest BCUT2D eigenvalue weighted by atomic mass is 19.3. The first-order valence-electron chi connectivity index (χ1n) is 9.80. The van der Waals surface area contributed by atoms with E-state index in [-0.39, 0.29) is 11.9 Å². The van der Waals surface area contributed by atoms with Crippen molar-refractivity contribution in [1.29, 1.82) is 0 Å². The number of alkyl halides is 2. The summed E-state index contributed by atoms with van der Waals surface area (Å²) in [6.07, 6.45) is 0.282. The summed E-state index contributed by atoms with van der Waals surface area (Å²) < 4.78 is 25.8. The number of rotatable bonds is 5. The molecule has 2 unspecified atom stereocenters. The minimum Gasteiger partial charge on any atom is -0.507 e. The van der Waals surface area contributed by atoms with Gasteiger partial charge in [0.25, 0.3) is 12.4 Å². The summed E-state index contributed by atoms with van der Waals surface area (Å²) in [5.74, 6) is 0.325. The van der Waals surface area contributed by atoms with Crippen molar-refractivity contribution < 1.29 is 18.7 Å². The van der Waals surface area contributed by atoms with Gasteiger partial charge in [-0.3, -0.25) is 4.79 Å². The molecule has 4 rings (SSSR count). The van der Waals surface area contributed by atoms with Crippen LogP contribution in [0.2, 0.25) is 0 Å². The maximum absolute atomic E-state index is 13.1. The van der Waals surface area contributed by atoms with E-state index in [0.29, 0.717) is 36.8 Å². The molecule has 0 spiro atoms. The third-order valence-corrected chi connectivity index (χ3v) is 5.97. The maximum Gasteiger partial charge on any atom is 0.267 e. The minimum absolute atomic E-state index is 0.0927. The lowest BCUT2D eigenvalue weighted by Gasteiger charge is -2.26. The molecule has 10 heteroatoms. The largest absolute Gasteiger partial charge is 0.507 e. The summed E-state index contributed by atoms with van der Waals surface area (Å²) in [5, 5.41) is 27.2. The van der Waals surface area contributed by atoms with Crippen molar-refractivity contribution in [2.24, 2.45) is 5.92 Å². The number of aromatic amines is 1. The second-order valence-electron chi connectivity index (χ2n) is 8.11. The molecule has 1 aliphatic carbocycles. The zero-order chi connectivity index (χ0) is 20.6. The number of hydrogen-bond acceptors (Lipinski definition) is 6. The van der Waals surface area contributed by atoms with Gasteiger partial charge >= 0.3 is 0 Å². The highest BCUT2D eigenvalue weighted by Crippen LogP contribution is 2.50. The van der Waals surface area contributed by atoms with Crippen LogP contribution in [0, 0.1) is 5.92 Å². The predicted octanol–water partition coefficient (Wildman–Crippen LogP) is 2.30. The van der Waals surface area contributed by atoms with Crippen LogP contribution in [-0.4, -0.2) is 50.8 Å². The van der Waals surface area contributed by atoms with Crippen LogP contribution in [-0.2, 0) is 10.2 Å². The number of nitrogens with zero attached hydrogens (tertiary/aromatic N) is 4. The van der Waals surface area contributed by atoms with Crippen LogP contribution in [0.25, 0.3) is 0 Å². The summed E-state index contributed by atoms with van der Waals surface area (Å²) in [7, 11) is 0. The van der Waals surface area contributed by atoms with Gasteiger partial charge in [-0.15, -0.1) is 5.10 Å². The van der Waals surface area contributed by atoms with E-state index in [1.54, 1.807) is 0 Å². The molecule has 2 atom stereocenters. The van der Waals surface area contributed by atoms with Gasteiger partial charge in [-0.2, -0.15) is 5.21 Å². The molecular weight excluding hydrogens is 382 g/mol. The summed E-state index contributed by atoms with van der Waals surface area (Å²) in [5.41, 5.74) is -0.600. The molecule has 0 radical (unpaired) electrons. The Morgan fingerprint density at radius 2 is 2.21 bits per heavy atom. The Labute approximate surface area is 166 Å². The molecule has 1 saturated carbocycles. The Morgan fingerprint density at radius 3 is 2.83 bits per heavy atom. The Kier molecular flexibility index (Phi) is 5.10. The molecule has 1 amide bonds. The maximum atomic E-state index is 13.1. The lowest BCUT2D eigenvalue weighted by molar-refractivity contribution is -0.124. The molecule has 3 N–H and O–H groups in total. The summed E-state index contributed by atoms with van der Waals surface area (Å²) >= 11 is 0. The third kappa shape index (κ3) is 3.88. The van der Waals surface area contributed by atoms with Crippen LogP contribution in [0.4, 0.5) is 14.7 Å². The number of carbonyl (C=O) groups is 1. The van der Waals surface area contributed by atoms with Gasteiger partial charge in [0.1, 0.15) is 5.75 Å². The van der Waals surface area contributed by atoms with E-state index in [1.165, 1.54) is 18.2 Å². The standard InChI is InChI=1S/C19H24F2N6O2/c1-11-4-7-27(18-23-25-26-24-18)10-13(8-11)22-17(29)19(5-6-19)12-2-3-14(16(20)21)15(28)9-12/h2-3,9,11,13,16,28H,4-8,10H2,1H3,(H,22,29)(H,23,24,25,26). The smallest absolute Gasteiger partial charge is 0.267 e. The van der Waals surface area contributed by atoms with Crippen LogP contribution >= 0.6 is 0 Å². The SMILES string of the molecule is CC1CCN(c2nn[nH]n2)CC(NC(=O)C2(c3ccc(C(F)F)c(O)c3)CC2)C1. The number of aromatic nitrogens is 4. The third-order valence-electron chi connectivity index (χ3n) is 5.97. The second kappa shape index (κ2) is 7.57. The molecule has 2 heterocycles. The quantitative estimate of drug-likeness (QED) is 0.703. The summed E-state index contributed by atoms with van der Waals surface area (Å²) in [6, 6.07) is 3.93. The lowest BCUT2D eigenvalue weighted by atomic mass is 9.92. The minimum atomic E-state index is -2.75. The van der Waals surface area contributed by atoms with Crippen LogP contribution in [0.3, 0.4) is 0 Å². The van der Waals surface area contributed by atoms with Gasteiger partial charge in [-0.05, 0) is 54.5 Å². The number of benzene rings is 1. The van der Waals surface area contributed by atoms with E-state index < -0.39 is 23.2 Å². The fourth-order valence-corrected chi connectivity index (χ4v) is 4.11. The Balaban J connectivity index is 1.49. The van der Waals surface area contributed by atoms with E-state index >= 15 is 0 Å². The Hall–Kier alpha value is -2.78. The van der Waals surface area contributed by atoms with Gasteiger partial charge < -0.3 is 15.3 Å². The average molecular weight is 406 g/mol. The van der Waals surface area contributed by atoms with E-state index in [1.807, 2.05) is 4.90 Å². The van der Waals surface area contributed by atoms with Crippen molar-refractivity contribution in [3.05, 3.63) is 29.3 Å². The molecule has 156 valence electrons. The molecule has 1 saturated heterocycles. The van der Waals surface area contributed by atoms with Crippen LogP contribution < -0.4 is 10.2 Å². The van der Waals surface area contributed by atoms with Crippen molar-refractivity contribution in [3.8, 4) is 5.75 Å². The predicted molar refractivity (Wildman–Crippen MR) is 101 cm³/mol. The lowest BCUT2D eigenvalue weighted by Crippen LogP contribution is -2.47. The van der Waals surface area contributed by atoms with E-state index in [9.17, 15) is 18.7 Å². The number of phenols is 1. The number of phenolic OH excluding ortho intramolecular Hbond substituents is 1. The number of nitrogens with one attached hydrogen (secondary N) is 2. The number of aromatic hydroxyl groups is 1. The number of halogens is 2. The molecule has 8 nitrogen and oxygen atoms in total. The molecular formula is C19H24F2N6O2. The molecule has 2 fully saturated rings. The normalized spacial score (nSPS) is 23.7. The van der Waals surface area contributed by atoms with E-state index in [2.05, 4.69) is 32.9 Å². The fourth-order valence-electron chi connectivity index (χ4n) is 4.11. The Bertz CT molecular complexity index is 872. The number of carbonyl (C=O) groups excluding carboxylic acids is 1. The van der Waals surface area contributed by atoms with Gasteiger partial charge in [-0.1, -0.05) is 18.1 Å². The van der Waals surface area contributed by atoms with E-state index in [4.69, 9.17) is 0 Å². The molecule has 29 heavy (non-hydrogen) atoms. The number of tetrazole rings is 1. The molecule has 1 aromatic heterocycles. The number of amides is 1. The highest BCUT2D eigenvalue weighted by molar-refractivity contribution is 5.91. The van der Waals surface area contributed by atoms with Crippen molar-refractivity contribution >= 4 is 11.9 Å². The number of hydrogen-bond donors (Lipinski definition) is 3. The topological polar surface area (TPSA) is 107 Å². The van der Waals surface area contributed by atoms with E-state index in [0.717, 1.165) is 19.4 Å². The van der Waals surface area contributed by atoms with Gasteiger partial charge in [0.05, 0.1) is 11.0 Å². The van der Waals surface area contributed by atoms with Gasteiger partial charge in [-0.25, -0.2) is 8.78 Å². The van der Waals surface area contributed by atoms with Crippen molar-refractivity contribution in [1.82, 2.24) is 25.9 Å². The second-order valence-corrected chi connectivity index (χ2v) is 8.11. The first kappa shape index (κ1) is 19.5. The fraction of sp³-hybridized carbons (Fsp3) is 0.579. The molecule has 2 aliphatic rings. The van der Waals surface area contributed by atoms with Gasteiger partial charge in [0.2, 0.25) is 5.91 Å². The zero-order valence-electron chi connectivity index (χ0n) is 16.1. The van der Waals surface area contributed by atoms with Crippen LogP contribution in [0.5, 0.6) is 5.75 Å². The molecule has 1 aliphatic heterocycles. The molecule has 1 aromatic carbocycles. The number of H-pyrrole nitrogens is 1.